The molecule has 0 bridgehead atoms. The summed E-state index contributed by atoms with van der Waals surface area (Å²) in [5, 5.41) is 0. The molecule has 4 heteroatoms. The Balaban J connectivity index is 1.66. The highest BCUT2D eigenvalue weighted by Crippen LogP contribution is 2.34. The second kappa shape index (κ2) is 8.31. The summed E-state index contributed by atoms with van der Waals surface area (Å²) in [4.78, 5) is 28.3. The summed E-state index contributed by atoms with van der Waals surface area (Å²) in [7, 11) is 0. The van der Waals surface area contributed by atoms with E-state index in [4.69, 9.17) is 0 Å². The van der Waals surface area contributed by atoms with Crippen LogP contribution in [0.3, 0.4) is 0 Å². The molecule has 0 aliphatic carbocycles. The summed E-state index contributed by atoms with van der Waals surface area (Å²) in [6.07, 6.45) is 1.92. The van der Waals surface area contributed by atoms with Crippen LogP contribution in [-0.2, 0) is 4.79 Å². The van der Waals surface area contributed by atoms with Crippen molar-refractivity contribution in [2.45, 2.75) is 27.7 Å². The first-order chi connectivity index (χ1) is 16.3. The van der Waals surface area contributed by atoms with Crippen molar-refractivity contribution in [3.05, 3.63) is 118 Å². The molecular formula is C30H26N2O2. The lowest BCUT2D eigenvalue weighted by Crippen LogP contribution is -2.41. The van der Waals surface area contributed by atoms with E-state index >= 15 is 0 Å². The van der Waals surface area contributed by atoms with Crippen LogP contribution in [0.25, 0.3) is 17.3 Å². The van der Waals surface area contributed by atoms with Crippen molar-refractivity contribution in [3.63, 3.8) is 0 Å². The number of hydrogen-bond donors (Lipinski definition) is 0. The Morgan fingerprint density at radius 1 is 0.647 bits per heavy atom. The summed E-state index contributed by atoms with van der Waals surface area (Å²) in [6.45, 7) is 8.17. The molecule has 2 amide bonds. The van der Waals surface area contributed by atoms with Crippen LogP contribution in [0.15, 0.2) is 78.9 Å². The number of fused-ring (bicyclic) bond motifs is 1. The highest BCUT2D eigenvalue weighted by Gasteiger charge is 2.35. The van der Waals surface area contributed by atoms with Gasteiger partial charge >= 0.3 is 0 Å². The first kappa shape index (κ1) is 21.7. The van der Waals surface area contributed by atoms with Crippen molar-refractivity contribution in [1.29, 1.82) is 0 Å². The summed E-state index contributed by atoms with van der Waals surface area (Å²) < 4.78 is 2.19. The highest BCUT2D eigenvalue weighted by molar-refractivity contribution is 6.43. The lowest BCUT2D eigenvalue weighted by atomic mass is 9.91. The molecule has 2 heterocycles. The molecule has 34 heavy (non-hydrogen) atoms. The number of rotatable bonds is 3. The van der Waals surface area contributed by atoms with Crippen molar-refractivity contribution in [2.24, 2.45) is 0 Å². The number of nitrogens with zero attached hydrogens (tertiary/aromatic N) is 2. The monoisotopic (exact) mass is 446 g/mol. The van der Waals surface area contributed by atoms with Crippen LogP contribution in [0.2, 0.25) is 0 Å². The molecule has 4 aromatic rings. The zero-order valence-electron chi connectivity index (χ0n) is 19.8. The van der Waals surface area contributed by atoms with Crippen LogP contribution < -0.4 is 4.90 Å². The van der Waals surface area contributed by atoms with Gasteiger partial charge in [-0.1, -0.05) is 53.6 Å². The minimum Gasteiger partial charge on any atom is -0.318 e. The van der Waals surface area contributed by atoms with Gasteiger partial charge in [-0.05, 0) is 81.3 Å². The summed E-state index contributed by atoms with van der Waals surface area (Å²) >= 11 is 0. The third kappa shape index (κ3) is 3.57. The molecule has 0 unspecified atom stereocenters. The number of benzene rings is 3. The summed E-state index contributed by atoms with van der Waals surface area (Å²) in [5.41, 5.74) is 8.72. The van der Waals surface area contributed by atoms with Crippen molar-refractivity contribution in [3.8, 4) is 5.69 Å². The molecule has 0 saturated carbocycles. The van der Waals surface area contributed by atoms with Gasteiger partial charge in [0, 0.05) is 28.2 Å². The second-order valence-electron chi connectivity index (χ2n) is 8.88. The maximum Gasteiger partial charge on any atom is 0.265 e. The van der Waals surface area contributed by atoms with Gasteiger partial charge in [0.15, 0.2) is 0 Å². The van der Waals surface area contributed by atoms with E-state index < -0.39 is 0 Å². The van der Waals surface area contributed by atoms with Gasteiger partial charge < -0.3 is 4.57 Å². The molecule has 0 atom stereocenters. The van der Waals surface area contributed by atoms with Crippen molar-refractivity contribution < 1.29 is 9.59 Å². The first-order valence-electron chi connectivity index (χ1n) is 11.4. The Morgan fingerprint density at radius 2 is 1.21 bits per heavy atom. The minimum absolute atomic E-state index is 0.299. The Morgan fingerprint density at radius 3 is 1.82 bits per heavy atom. The Hall–Kier alpha value is -4.18. The highest BCUT2D eigenvalue weighted by atomic mass is 16.2. The second-order valence-corrected chi connectivity index (χ2v) is 8.88. The standard InChI is InChI=1S/C30H26N2O2/c1-19-9-13-24(14-10-19)31-21(3)17-23(22(31)4)18-28-26-7-5-6-8-27(26)29(33)32(30(28)34)25-15-11-20(2)12-16-25/h5-18H,1-4H3/b28-18+. The molecular weight excluding hydrogens is 420 g/mol. The number of imide groups is 1. The van der Waals surface area contributed by atoms with Crippen LogP contribution in [0.1, 0.15) is 44.0 Å². The number of amides is 2. The van der Waals surface area contributed by atoms with Crippen LogP contribution in [0.5, 0.6) is 0 Å². The quantitative estimate of drug-likeness (QED) is 0.268. The number of hydrogen-bond acceptors (Lipinski definition) is 2. The van der Waals surface area contributed by atoms with E-state index in [2.05, 4.69) is 55.7 Å². The van der Waals surface area contributed by atoms with Gasteiger partial charge in [-0.2, -0.15) is 0 Å². The van der Waals surface area contributed by atoms with E-state index in [-0.39, 0.29) is 11.8 Å². The predicted octanol–water partition coefficient (Wildman–Crippen LogP) is 6.44. The van der Waals surface area contributed by atoms with Crippen molar-refractivity contribution in [2.75, 3.05) is 4.90 Å². The fraction of sp³-hybridized carbons (Fsp3) is 0.133. The SMILES string of the molecule is Cc1ccc(N2C(=O)/C(=C/c3cc(C)n(-c4ccc(C)cc4)c3C)c3ccccc3C2=O)cc1. The third-order valence-electron chi connectivity index (χ3n) is 6.44. The van der Waals surface area contributed by atoms with E-state index in [1.54, 1.807) is 6.07 Å². The summed E-state index contributed by atoms with van der Waals surface area (Å²) in [6, 6.07) is 25.3. The average Bonchev–Trinajstić information content (AvgIpc) is 3.11. The molecule has 1 aromatic heterocycles. The average molecular weight is 447 g/mol. The van der Waals surface area contributed by atoms with E-state index in [0.29, 0.717) is 22.4 Å². The number of aromatic nitrogens is 1. The fourth-order valence-corrected chi connectivity index (χ4v) is 4.60. The number of anilines is 1. The lowest BCUT2D eigenvalue weighted by molar-refractivity contribution is -0.112. The molecule has 0 radical (unpaired) electrons. The van der Waals surface area contributed by atoms with Gasteiger partial charge in [-0.25, -0.2) is 4.90 Å². The normalized spacial score (nSPS) is 14.6. The third-order valence-corrected chi connectivity index (χ3v) is 6.44. The van der Waals surface area contributed by atoms with Crippen molar-refractivity contribution in [1.82, 2.24) is 4.57 Å². The molecule has 0 spiro atoms. The molecule has 1 aliphatic rings. The maximum atomic E-state index is 13.7. The Labute approximate surface area is 199 Å². The molecule has 4 nitrogen and oxygen atoms in total. The van der Waals surface area contributed by atoms with Crippen molar-refractivity contribution >= 4 is 29.2 Å². The van der Waals surface area contributed by atoms with E-state index in [9.17, 15) is 9.59 Å². The van der Waals surface area contributed by atoms with Gasteiger partial charge in [0.2, 0.25) is 0 Å². The van der Waals surface area contributed by atoms with Gasteiger partial charge in [0.25, 0.3) is 11.8 Å². The van der Waals surface area contributed by atoms with Crippen LogP contribution in [-0.4, -0.2) is 16.4 Å². The molecule has 0 fully saturated rings. The number of carbonyl (C=O) groups excluding carboxylic acids is 2. The van der Waals surface area contributed by atoms with Crippen LogP contribution in [0.4, 0.5) is 5.69 Å². The lowest BCUT2D eigenvalue weighted by Gasteiger charge is -2.28. The fourth-order valence-electron chi connectivity index (χ4n) is 4.60. The first-order valence-corrected chi connectivity index (χ1v) is 11.4. The molecule has 0 saturated heterocycles. The van der Waals surface area contributed by atoms with Crippen LogP contribution >= 0.6 is 0 Å². The Kier molecular flexibility index (Phi) is 5.29. The molecule has 5 rings (SSSR count). The zero-order chi connectivity index (χ0) is 24.0. The van der Waals surface area contributed by atoms with Gasteiger partial charge in [-0.3, -0.25) is 9.59 Å². The maximum absolute atomic E-state index is 13.7. The predicted molar refractivity (Wildman–Crippen MR) is 137 cm³/mol. The molecule has 0 N–H and O–H groups in total. The molecule has 3 aromatic carbocycles. The van der Waals surface area contributed by atoms with Gasteiger partial charge in [0.1, 0.15) is 0 Å². The van der Waals surface area contributed by atoms with Crippen LogP contribution in [0, 0.1) is 27.7 Å². The Bertz CT molecular complexity index is 1450. The molecule has 1 aliphatic heterocycles. The van der Waals surface area contributed by atoms with Gasteiger partial charge in [0.05, 0.1) is 5.69 Å². The van der Waals surface area contributed by atoms with E-state index in [1.807, 2.05) is 55.5 Å². The largest absolute Gasteiger partial charge is 0.318 e. The summed E-state index contributed by atoms with van der Waals surface area (Å²) in [5.74, 6) is -0.612. The van der Waals surface area contributed by atoms with E-state index in [1.165, 1.54) is 10.5 Å². The van der Waals surface area contributed by atoms with E-state index in [0.717, 1.165) is 28.2 Å². The smallest absolute Gasteiger partial charge is 0.265 e. The zero-order valence-corrected chi connectivity index (χ0v) is 19.8. The topological polar surface area (TPSA) is 42.3 Å². The minimum atomic E-state index is -0.312. The number of carbonyl (C=O) groups is 2. The number of aryl methyl sites for hydroxylation is 3. The van der Waals surface area contributed by atoms with Gasteiger partial charge in [-0.15, -0.1) is 0 Å². The molecule has 168 valence electrons.